The van der Waals surface area contributed by atoms with Crippen molar-refractivity contribution >= 4 is 44.9 Å². The predicted octanol–water partition coefficient (Wildman–Crippen LogP) is 4.26. The van der Waals surface area contributed by atoms with Gasteiger partial charge in [0.2, 0.25) is 5.91 Å². The van der Waals surface area contributed by atoms with Gasteiger partial charge in [-0.05, 0) is 41.3 Å². The number of aromatic nitrogens is 2. The Morgan fingerprint density at radius 1 is 1.03 bits per heavy atom. The van der Waals surface area contributed by atoms with Gasteiger partial charge in [0, 0.05) is 6.07 Å². The van der Waals surface area contributed by atoms with Crippen LogP contribution >= 0.6 is 23.1 Å². The van der Waals surface area contributed by atoms with Gasteiger partial charge in [0.15, 0.2) is 5.16 Å². The first-order valence-corrected chi connectivity index (χ1v) is 12.1. The van der Waals surface area contributed by atoms with Crippen molar-refractivity contribution in [2.24, 2.45) is 0 Å². The molecule has 0 spiro atoms. The van der Waals surface area contributed by atoms with Crippen LogP contribution in [-0.2, 0) is 11.3 Å². The molecule has 10 heteroatoms. The molecular weight excluding hydrogens is 474 g/mol. The molecule has 1 N–H and O–H groups in total. The van der Waals surface area contributed by atoms with E-state index in [1.54, 1.807) is 37.0 Å². The van der Waals surface area contributed by atoms with E-state index < -0.39 is 0 Å². The topological polar surface area (TPSA) is 91.7 Å². The minimum Gasteiger partial charge on any atom is -0.497 e. The maximum Gasteiger partial charge on any atom is 0.272 e. The Kier molecular flexibility index (Phi) is 7.39. The highest BCUT2D eigenvalue weighted by Gasteiger charge is 2.16. The maximum absolute atomic E-state index is 13.2. The van der Waals surface area contributed by atoms with Gasteiger partial charge in [0.05, 0.1) is 44.8 Å². The lowest BCUT2D eigenvalue weighted by atomic mass is 10.2. The first-order valence-electron chi connectivity index (χ1n) is 10.3. The number of fused-ring (bicyclic) bond motifs is 1. The van der Waals surface area contributed by atoms with Crippen LogP contribution in [0.15, 0.2) is 63.9 Å². The molecule has 4 rings (SSSR count). The number of amides is 1. The van der Waals surface area contributed by atoms with Gasteiger partial charge in [-0.2, -0.15) is 0 Å². The van der Waals surface area contributed by atoms with Gasteiger partial charge in [-0.15, -0.1) is 11.3 Å². The van der Waals surface area contributed by atoms with Crippen LogP contribution in [0.25, 0.3) is 10.2 Å². The zero-order valence-electron chi connectivity index (χ0n) is 18.9. The molecule has 0 radical (unpaired) electrons. The second kappa shape index (κ2) is 10.6. The highest BCUT2D eigenvalue weighted by Crippen LogP contribution is 2.29. The molecule has 2 aromatic heterocycles. The van der Waals surface area contributed by atoms with E-state index in [1.165, 1.54) is 30.2 Å². The molecule has 0 saturated carbocycles. The smallest absolute Gasteiger partial charge is 0.272 e. The highest BCUT2D eigenvalue weighted by atomic mass is 32.2. The number of methoxy groups -OCH3 is 3. The van der Waals surface area contributed by atoms with Gasteiger partial charge in [0.1, 0.15) is 21.9 Å². The third-order valence-corrected chi connectivity index (χ3v) is 6.91. The molecule has 2 heterocycles. The number of thioether (sulfide) groups is 1. The number of nitrogens with one attached hydrogen (secondary N) is 1. The number of anilines is 1. The summed E-state index contributed by atoms with van der Waals surface area (Å²) in [5, 5.41) is 5.16. The fraction of sp³-hybridized carbons (Fsp3) is 0.208. The molecule has 2 aromatic carbocycles. The summed E-state index contributed by atoms with van der Waals surface area (Å²) in [6.45, 7) is 0.331. The van der Waals surface area contributed by atoms with E-state index >= 15 is 0 Å². The van der Waals surface area contributed by atoms with Crippen molar-refractivity contribution in [1.82, 2.24) is 9.55 Å². The monoisotopic (exact) mass is 497 g/mol. The molecular formula is C24H23N3O5S2. The lowest BCUT2D eigenvalue weighted by Gasteiger charge is -2.14. The lowest BCUT2D eigenvalue weighted by Crippen LogP contribution is -2.24. The number of nitrogens with zero attached hydrogens (tertiary/aromatic N) is 2. The zero-order chi connectivity index (χ0) is 24.1. The minimum absolute atomic E-state index is 0.0606. The van der Waals surface area contributed by atoms with E-state index in [0.29, 0.717) is 39.1 Å². The maximum atomic E-state index is 13.2. The zero-order valence-corrected chi connectivity index (χ0v) is 20.5. The standard InChI is InChI=1S/C24H23N3O5S2/c1-30-16-6-4-15(5-7-16)13-27-23(29)22-18(10-11-33-22)26-24(27)34-14-21(28)25-19-12-17(31-2)8-9-20(19)32-3/h4-12H,13-14H2,1-3H3,(H,25,28). The lowest BCUT2D eigenvalue weighted by molar-refractivity contribution is -0.113. The molecule has 4 aromatic rings. The normalized spacial score (nSPS) is 10.8. The van der Waals surface area contributed by atoms with Crippen molar-refractivity contribution < 1.29 is 19.0 Å². The van der Waals surface area contributed by atoms with Crippen LogP contribution < -0.4 is 25.1 Å². The first kappa shape index (κ1) is 23.7. The third kappa shape index (κ3) is 5.18. The average molecular weight is 498 g/mol. The third-order valence-electron chi connectivity index (χ3n) is 5.04. The number of carbonyl (C=O) groups excluding carboxylic acids is 1. The minimum atomic E-state index is -0.257. The quantitative estimate of drug-likeness (QED) is 0.273. The Bertz CT molecular complexity index is 1370. The summed E-state index contributed by atoms with van der Waals surface area (Å²) in [6, 6.07) is 14.5. The van der Waals surface area contributed by atoms with Gasteiger partial charge >= 0.3 is 0 Å². The molecule has 0 aliphatic heterocycles. The Balaban J connectivity index is 1.57. The summed E-state index contributed by atoms with van der Waals surface area (Å²) in [4.78, 5) is 30.6. The molecule has 176 valence electrons. The van der Waals surface area contributed by atoms with Crippen LogP contribution in [0, 0.1) is 0 Å². The second-order valence-corrected chi connectivity index (χ2v) is 9.03. The van der Waals surface area contributed by atoms with Crippen molar-refractivity contribution in [3.8, 4) is 17.2 Å². The van der Waals surface area contributed by atoms with Gasteiger partial charge in [-0.25, -0.2) is 4.98 Å². The van der Waals surface area contributed by atoms with E-state index in [4.69, 9.17) is 14.2 Å². The molecule has 0 saturated heterocycles. The van der Waals surface area contributed by atoms with Gasteiger partial charge in [0.25, 0.3) is 5.56 Å². The van der Waals surface area contributed by atoms with Crippen LogP contribution in [0.3, 0.4) is 0 Å². The summed E-state index contributed by atoms with van der Waals surface area (Å²) in [5.41, 5.74) is 1.92. The summed E-state index contributed by atoms with van der Waals surface area (Å²) in [5.74, 6) is 1.66. The molecule has 0 fully saturated rings. The summed E-state index contributed by atoms with van der Waals surface area (Å²) < 4.78 is 18.0. The SMILES string of the molecule is COc1ccc(Cn2c(SCC(=O)Nc3cc(OC)ccc3OC)nc3ccsc3c2=O)cc1. The Morgan fingerprint density at radius 3 is 2.47 bits per heavy atom. The van der Waals surface area contributed by atoms with Crippen molar-refractivity contribution in [2.45, 2.75) is 11.7 Å². The Morgan fingerprint density at radius 2 is 1.76 bits per heavy atom. The average Bonchev–Trinajstić information content (AvgIpc) is 3.34. The summed E-state index contributed by atoms with van der Waals surface area (Å²) in [7, 11) is 4.69. The molecule has 0 aliphatic rings. The van der Waals surface area contributed by atoms with E-state index in [2.05, 4.69) is 10.3 Å². The molecule has 0 aliphatic carbocycles. The van der Waals surface area contributed by atoms with Crippen LogP contribution in [-0.4, -0.2) is 42.5 Å². The van der Waals surface area contributed by atoms with Crippen molar-refractivity contribution in [1.29, 1.82) is 0 Å². The molecule has 0 unspecified atom stereocenters. The van der Waals surface area contributed by atoms with Crippen LogP contribution in [0.4, 0.5) is 5.69 Å². The number of hydrogen-bond acceptors (Lipinski definition) is 8. The van der Waals surface area contributed by atoms with Gasteiger partial charge < -0.3 is 19.5 Å². The summed E-state index contributed by atoms with van der Waals surface area (Å²) >= 11 is 2.56. The van der Waals surface area contributed by atoms with Gasteiger partial charge in [-0.1, -0.05) is 23.9 Å². The fourth-order valence-corrected chi connectivity index (χ4v) is 4.89. The Hall–Kier alpha value is -3.50. The van der Waals surface area contributed by atoms with E-state index in [0.717, 1.165) is 11.3 Å². The predicted molar refractivity (Wildman–Crippen MR) is 135 cm³/mol. The van der Waals surface area contributed by atoms with Crippen LogP contribution in [0.1, 0.15) is 5.56 Å². The number of hydrogen-bond donors (Lipinski definition) is 1. The second-order valence-electron chi connectivity index (χ2n) is 7.17. The number of benzene rings is 2. The number of ether oxygens (including phenoxy) is 3. The molecule has 1 amide bonds. The van der Waals surface area contributed by atoms with Crippen LogP contribution in [0.5, 0.6) is 17.2 Å². The first-order chi connectivity index (χ1) is 16.5. The number of thiophene rings is 1. The summed E-state index contributed by atoms with van der Waals surface area (Å²) in [6.07, 6.45) is 0. The molecule has 0 atom stereocenters. The van der Waals surface area contributed by atoms with E-state index in [1.807, 2.05) is 35.7 Å². The molecule has 0 bridgehead atoms. The van der Waals surface area contributed by atoms with Crippen molar-refractivity contribution in [2.75, 3.05) is 32.4 Å². The fourth-order valence-electron chi connectivity index (χ4n) is 3.31. The van der Waals surface area contributed by atoms with Crippen molar-refractivity contribution in [3.63, 3.8) is 0 Å². The largest absolute Gasteiger partial charge is 0.497 e. The van der Waals surface area contributed by atoms with E-state index in [-0.39, 0.29) is 17.2 Å². The van der Waals surface area contributed by atoms with E-state index in [9.17, 15) is 9.59 Å². The number of rotatable bonds is 9. The number of carbonyl (C=O) groups is 1. The van der Waals surface area contributed by atoms with Crippen LogP contribution in [0.2, 0.25) is 0 Å². The highest BCUT2D eigenvalue weighted by molar-refractivity contribution is 7.99. The van der Waals surface area contributed by atoms with Gasteiger partial charge in [-0.3, -0.25) is 14.2 Å². The molecule has 8 nitrogen and oxygen atoms in total. The Labute approximate surface area is 204 Å². The van der Waals surface area contributed by atoms with Crippen molar-refractivity contribution in [3.05, 3.63) is 69.8 Å². The molecule has 34 heavy (non-hydrogen) atoms.